The van der Waals surface area contributed by atoms with E-state index in [4.69, 9.17) is 0 Å². The van der Waals surface area contributed by atoms with Gasteiger partial charge in [0.05, 0.1) is 5.71 Å². The van der Waals surface area contributed by atoms with Crippen molar-refractivity contribution in [2.75, 3.05) is 0 Å². The van der Waals surface area contributed by atoms with Gasteiger partial charge in [-0.05, 0) is 44.1 Å². The molecule has 0 N–H and O–H groups in total. The Labute approximate surface area is 157 Å². The molecule has 0 aliphatic heterocycles. The zero-order chi connectivity index (χ0) is 20.3. The maximum Gasteiger partial charge on any atom is 0.493 e. The summed E-state index contributed by atoms with van der Waals surface area (Å²) < 4.78 is 36.9. The monoisotopic (exact) mass is 379 g/mol. The molecule has 6 heteroatoms. The first kappa shape index (κ1) is 22.4. The van der Waals surface area contributed by atoms with E-state index >= 15 is 0 Å². The van der Waals surface area contributed by atoms with Crippen molar-refractivity contribution < 1.29 is 22.8 Å². The van der Waals surface area contributed by atoms with Gasteiger partial charge in [-0.1, -0.05) is 65.9 Å². The lowest BCUT2D eigenvalue weighted by Crippen LogP contribution is -2.24. The standard InChI is InChI=1S/C21H24F3NO2/c1-4-5-9-16(2)12-13-17(3)14-15-19(18-10-7-6-8-11-18)25-27-20(26)21(22,23)24/h4,6-8,10-11H,1-3,5,9,12-15H2/b25-19+. The summed E-state index contributed by atoms with van der Waals surface area (Å²) in [5.41, 5.74) is 2.89. The number of carbonyl (C=O) groups is 1. The first-order chi connectivity index (χ1) is 12.7. The third-order valence-corrected chi connectivity index (χ3v) is 3.83. The van der Waals surface area contributed by atoms with Crippen LogP contribution in [0.2, 0.25) is 0 Å². The van der Waals surface area contributed by atoms with Crippen molar-refractivity contribution in [1.82, 2.24) is 0 Å². The molecule has 0 amide bonds. The van der Waals surface area contributed by atoms with Crippen molar-refractivity contribution in [1.29, 1.82) is 0 Å². The first-order valence-electron chi connectivity index (χ1n) is 8.58. The van der Waals surface area contributed by atoms with Crippen LogP contribution in [-0.2, 0) is 9.63 Å². The van der Waals surface area contributed by atoms with Gasteiger partial charge in [0.2, 0.25) is 0 Å². The molecule has 0 aliphatic carbocycles. The molecule has 3 nitrogen and oxygen atoms in total. The molecule has 0 saturated heterocycles. The van der Waals surface area contributed by atoms with Gasteiger partial charge in [-0.25, -0.2) is 4.79 Å². The first-order valence-corrected chi connectivity index (χ1v) is 8.58. The van der Waals surface area contributed by atoms with Gasteiger partial charge in [-0.15, -0.1) is 6.58 Å². The van der Waals surface area contributed by atoms with Gasteiger partial charge in [0, 0.05) is 0 Å². The van der Waals surface area contributed by atoms with Gasteiger partial charge < -0.3 is 4.84 Å². The largest absolute Gasteiger partial charge is 0.493 e. The van der Waals surface area contributed by atoms with Gasteiger partial charge in [0.25, 0.3) is 0 Å². The fourth-order valence-electron chi connectivity index (χ4n) is 2.23. The molecular formula is C21H24F3NO2. The Kier molecular flexibility index (Phi) is 9.26. The van der Waals surface area contributed by atoms with Crippen molar-refractivity contribution >= 4 is 11.7 Å². The number of allylic oxidation sites excluding steroid dienone is 3. The SMILES string of the molecule is C=CCCC(=C)CCC(=C)CC/C(=N\OC(=O)C(F)(F)F)c1ccccc1. The molecule has 146 valence electrons. The van der Waals surface area contributed by atoms with Crippen LogP contribution in [0.1, 0.15) is 44.1 Å². The molecule has 1 aromatic rings. The van der Waals surface area contributed by atoms with Gasteiger partial charge >= 0.3 is 12.1 Å². The van der Waals surface area contributed by atoms with Gasteiger partial charge in [0.1, 0.15) is 0 Å². The smallest absolute Gasteiger partial charge is 0.309 e. The summed E-state index contributed by atoms with van der Waals surface area (Å²) in [4.78, 5) is 15.0. The molecule has 27 heavy (non-hydrogen) atoms. The number of carbonyl (C=O) groups excluding carboxylic acids is 1. The maximum atomic E-state index is 12.3. The summed E-state index contributed by atoms with van der Waals surface area (Å²) in [6, 6.07) is 8.63. The second kappa shape index (κ2) is 11.2. The van der Waals surface area contributed by atoms with Crippen LogP contribution in [-0.4, -0.2) is 17.9 Å². The van der Waals surface area contributed by atoms with Crippen molar-refractivity contribution in [3.8, 4) is 0 Å². The number of alkyl halides is 3. The Morgan fingerprint density at radius 3 is 2.11 bits per heavy atom. The molecule has 0 aliphatic rings. The molecule has 0 unspecified atom stereocenters. The lowest BCUT2D eigenvalue weighted by Gasteiger charge is -2.10. The minimum Gasteiger partial charge on any atom is -0.309 e. The molecule has 0 spiro atoms. The van der Waals surface area contributed by atoms with E-state index in [0.29, 0.717) is 18.4 Å². The Morgan fingerprint density at radius 2 is 1.56 bits per heavy atom. The molecule has 0 atom stereocenters. The van der Waals surface area contributed by atoms with Crippen LogP contribution in [0.4, 0.5) is 13.2 Å². The second-order valence-corrected chi connectivity index (χ2v) is 6.11. The Morgan fingerprint density at radius 1 is 1.00 bits per heavy atom. The predicted octanol–water partition coefficient (Wildman–Crippen LogP) is 6.14. The number of hydrogen-bond donors (Lipinski definition) is 0. The average molecular weight is 379 g/mol. The Bertz CT molecular complexity index is 691. The third kappa shape index (κ3) is 9.03. The zero-order valence-electron chi connectivity index (χ0n) is 15.2. The van der Waals surface area contributed by atoms with E-state index in [1.165, 1.54) is 0 Å². The van der Waals surface area contributed by atoms with Gasteiger partial charge in [0.15, 0.2) is 0 Å². The molecule has 0 saturated carbocycles. The van der Waals surface area contributed by atoms with E-state index in [2.05, 4.69) is 29.7 Å². The van der Waals surface area contributed by atoms with E-state index < -0.39 is 12.1 Å². The predicted molar refractivity (Wildman–Crippen MR) is 101 cm³/mol. The van der Waals surface area contributed by atoms with Crippen LogP contribution < -0.4 is 0 Å². The van der Waals surface area contributed by atoms with Crippen molar-refractivity contribution in [3.05, 3.63) is 72.9 Å². The molecule has 0 radical (unpaired) electrons. The summed E-state index contributed by atoms with van der Waals surface area (Å²) in [5.74, 6) is -2.34. The highest BCUT2D eigenvalue weighted by atomic mass is 19.4. The highest BCUT2D eigenvalue weighted by molar-refractivity contribution is 6.00. The quantitative estimate of drug-likeness (QED) is 0.201. The van der Waals surface area contributed by atoms with Crippen LogP contribution >= 0.6 is 0 Å². The lowest BCUT2D eigenvalue weighted by atomic mass is 9.98. The summed E-state index contributed by atoms with van der Waals surface area (Å²) in [7, 11) is 0. The number of nitrogens with zero attached hydrogens (tertiary/aromatic N) is 1. The van der Waals surface area contributed by atoms with Crippen LogP contribution in [0.5, 0.6) is 0 Å². The molecule has 0 aromatic heterocycles. The topological polar surface area (TPSA) is 38.7 Å². The van der Waals surface area contributed by atoms with E-state index in [0.717, 1.165) is 36.8 Å². The van der Waals surface area contributed by atoms with E-state index in [1.54, 1.807) is 30.3 Å². The number of halogens is 3. The Hall–Kier alpha value is -2.63. The minimum absolute atomic E-state index is 0.264. The molecular weight excluding hydrogens is 355 g/mol. The van der Waals surface area contributed by atoms with Crippen molar-refractivity contribution in [2.24, 2.45) is 5.16 Å². The molecule has 1 rings (SSSR count). The summed E-state index contributed by atoms with van der Waals surface area (Å²) >= 11 is 0. The number of oxime groups is 1. The number of hydrogen-bond acceptors (Lipinski definition) is 3. The molecule has 0 fully saturated rings. The van der Waals surface area contributed by atoms with Gasteiger partial charge in [-0.3, -0.25) is 0 Å². The van der Waals surface area contributed by atoms with E-state index in [1.807, 2.05) is 6.08 Å². The maximum absolute atomic E-state index is 12.3. The highest BCUT2D eigenvalue weighted by Gasteiger charge is 2.41. The number of rotatable bonds is 11. The average Bonchev–Trinajstić information content (AvgIpc) is 2.64. The minimum atomic E-state index is -5.08. The normalized spacial score (nSPS) is 11.7. The second-order valence-electron chi connectivity index (χ2n) is 6.11. The third-order valence-electron chi connectivity index (χ3n) is 3.83. The Balaban J connectivity index is 2.67. The summed E-state index contributed by atoms with van der Waals surface area (Å²) in [5, 5.41) is 3.45. The van der Waals surface area contributed by atoms with Crippen molar-refractivity contribution in [2.45, 2.75) is 44.7 Å². The van der Waals surface area contributed by atoms with Crippen LogP contribution in [0.25, 0.3) is 0 Å². The lowest BCUT2D eigenvalue weighted by molar-refractivity contribution is -0.199. The van der Waals surface area contributed by atoms with Crippen LogP contribution in [0.3, 0.4) is 0 Å². The van der Waals surface area contributed by atoms with Crippen LogP contribution in [0.15, 0.2) is 72.4 Å². The van der Waals surface area contributed by atoms with E-state index in [9.17, 15) is 18.0 Å². The molecule has 0 heterocycles. The zero-order valence-corrected chi connectivity index (χ0v) is 15.2. The summed E-state index contributed by atoms with van der Waals surface area (Å²) in [6.07, 6.45) is 0.875. The van der Waals surface area contributed by atoms with Crippen LogP contribution in [0, 0.1) is 0 Å². The molecule has 1 aromatic carbocycles. The van der Waals surface area contributed by atoms with Crippen molar-refractivity contribution in [3.63, 3.8) is 0 Å². The fraction of sp³-hybridized carbons (Fsp3) is 0.333. The van der Waals surface area contributed by atoms with E-state index in [-0.39, 0.29) is 5.71 Å². The fourth-order valence-corrected chi connectivity index (χ4v) is 2.23. The summed E-state index contributed by atoms with van der Waals surface area (Å²) in [6.45, 7) is 11.7. The molecule has 0 bridgehead atoms. The van der Waals surface area contributed by atoms with Gasteiger partial charge in [-0.2, -0.15) is 13.2 Å². The number of benzene rings is 1. The highest BCUT2D eigenvalue weighted by Crippen LogP contribution is 2.20.